The fourth-order valence-electron chi connectivity index (χ4n) is 5.02. The van der Waals surface area contributed by atoms with Gasteiger partial charge >= 0.3 is 0 Å². The van der Waals surface area contributed by atoms with Gasteiger partial charge in [-0.15, -0.1) is 0 Å². The molecule has 2 saturated carbocycles. The van der Waals surface area contributed by atoms with Gasteiger partial charge in [0.1, 0.15) is 5.78 Å². The zero-order valence-electron chi connectivity index (χ0n) is 11.8. The number of methoxy groups -OCH3 is 1. The van der Waals surface area contributed by atoms with Crippen LogP contribution in [0.1, 0.15) is 42.2 Å². The van der Waals surface area contributed by atoms with E-state index in [1.807, 2.05) is 6.07 Å². The fraction of sp³-hybridized carbons (Fsp3) is 0.529. The summed E-state index contributed by atoms with van der Waals surface area (Å²) < 4.78 is 11.4. The Hall–Kier alpha value is -1.84. The molecule has 21 heavy (non-hydrogen) atoms. The van der Waals surface area contributed by atoms with Crippen LogP contribution >= 0.6 is 0 Å². The van der Waals surface area contributed by atoms with Crippen molar-refractivity contribution in [3.05, 3.63) is 23.3 Å². The molecule has 0 radical (unpaired) electrons. The Bertz CT molecular complexity index is 692. The molecule has 0 N–H and O–H groups in total. The van der Waals surface area contributed by atoms with Gasteiger partial charge in [0.25, 0.3) is 0 Å². The number of ketones is 2. The van der Waals surface area contributed by atoms with Crippen LogP contribution in [0.2, 0.25) is 0 Å². The first-order valence-electron chi connectivity index (χ1n) is 7.63. The van der Waals surface area contributed by atoms with E-state index in [1.165, 1.54) is 5.56 Å². The molecule has 5 atom stereocenters. The third kappa shape index (κ3) is 1.23. The van der Waals surface area contributed by atoms with Crippen LogP contribution in [0.4, 0.5) is 0 Å². The lowest BCUT2D eigenvalue weighted by Crippen LogP contribution is -2.51. The molecule has 0 bridgehead atoms. The molecule has 2 fully saturated rings. The Labute approximate surface area is 122 Å². The molecule has 0 spiro atoms. The van der Waals surface area contributed by atoms with Crippen molar-refractivity contribution in [3.8, 4) is 11.5 Å². The highest BCUT2D eigenvalue weighted by Crippen LogP contribution is 2.64. The SMILES string of the molecule is COc1ccc2c3c1O[C@@H]1C(=O)CC[C@H]([C@H]4C(=O)C[C@@H]24)[C@H]31. The van der Waals surface area contributed by atoms with Crippen LogP contribution in [-0.4, -0.2) is 24.8 Å². The van der Waals surface area contributed by atoms with Crippen molar-refractivity contribution in [3.63, 3.8) is 0 Å². The molecule has 108 valence electrons. The summed E-state index contributed by atoms with van der Waals surface area (Å²) in [6.07, 6.45) is 1.61. The van der Waals surface area contributed by atoms with Crippen LogP contribution in [0.15, 0.2) is 12.1 Å². The minimum atomic E-state index is -0.400. The highest BCUT2D eigenvalue weighted by atomic mass is 16.5. The number of Topliss-reactive ketones (excluding diaryl/α,β-unsaturated/α-hetero) is 2. The smallest absolute Gasteiger partial charge is 0.173 e. The Morgan fingerprint density at radius 1 is 1.19 bits per heavy atom. The molecule has 0 amide bonds. The third-order valence-electron chi connectivity index (χ3n) is 5.91. The summed E-state index contributed by atoms with van der Waals surface area (Å²) in [6, 6.07) is 3.99. The summed E-state index contributed by atoms with van der Waals surface area (Å²) in [7, 11) is 1.63. The van der Waals surface area contributed by atoms with Crippen molar-refractivity contribution in [1.82, 2.24) is 0 Å². The lowest BCUT2D eigenvalue weighted by atomic mass is 9.51. The zero-order valence-corrected chi connectivity index (χ0v) is 11.8. The largest absolute Gasteiger partial charge is 0.493 e. The maximum Gasteiger partial charge on any atom is 0.173 e. The number of carbonyl (C=O) groups is 2. The predicted molar refractivity (Wildman–Crippen MR) is 73.7 cm³/mol. The van der Waals surface area contributed by atoms with Crippen molar-refractivity contribution in [1.29, 1.82) is 0 Å². The molecule has 3 aliphatic carbocycles. The average molecular weight is 284 g/mol. The lowest BCUT2D eigenvalue weighted by molar-refractivity contribution is -0.140. The molecular formula is C17H16O4. The van der Waals surface area contributed by atoms with Crippen LogP contribution in [-0.2, 0) is 9.59 Å². The summed E-state index contributed by atoms with van der Waals surface area (Å²) >= 11 is 0. The van der Waals surface area contributed by atoms with Crippen molar-refractivity contribution < 1.29 is 19.1 Å². The van der Waals surface area contributed by atoms with Crippen LogP contribution in [0.5, 0.6) is 11.5 Å². The predicted octanol–water partition coefficient (Wildman–Crippen LogP) is 2.21. The van der Waals surface area contributed by atoms with Crippen LogP contribution < -0.4 is 9.47 Å². The molecule has 1 aliphatic heterocycles. The summed E-state index contributed by atoms with van der Waals surface area (Å²) in [5.74, 6) is 2.78. The van der Waals surface area contributed by atoms with E-state index < -0.39 is 6.10 Å². The summed E-state index contributed by atoms with van der Waals surface area (Å²) in [5, 5.41) is 0. The van der Waals surface area contributed by atoms with Gasteiger partial charge in [-0.3, -0.25) is 9.59 Å². The van der Waals surface area contributed by atoms with Gasteiger partial charge in [-0.2, -0.15) is 0 Å². The molecule has 0 saturated heterocycles. The number of ether oxygens (including phenoxy) is 2. The zero-order chi connectivity index (χ0) is 14.3. The molecule has 1 aromatic rings. The molecule has 1 heterocycles. The molecule has 4 heteroatoms. The molecule has 0 unspecified atom stereocenters. The first-order chi connectivity index (χ1) is 10.2. The van der Waals surface area contributed by atoms with E-state index >= 15 is 0 Å². The van der Waals surface area contributed by atoms with Crippen molar-refractivity contribution in [2.75, 3.05) is 7.11 Å². The number of hydrogen-bond acceptors (Lipinski definition) is 4. The molecule has 0 aromatic heterocycles. The topological polar surface area (TPSA) is 52.6 Å². The monoisotopic (exact) mass is 284 g/mol. The van der Waals surface area contributed by atoms with Crippen molar-refractivity contribution in [2.24, 2.45) is 11.8 Å². The maximum atomic E-state index is 12.3. The van der Waals surface area contributed by atoms with Crippen LogP contribution in [0.3, 0.4) is 0 Å². The average Bonchev–Trinajstić information content (AvgIpc) is 2.88. The molecule has 4 aliphatic rings. The standard InChI is InChI=1S/C17H16O4/c1-20-12-5-3-7-9-6-11(19)13(9)8-2-4-10(18)16-15(8)14(7)17(12)21-16/h3,5,8-9,13,15-16H,2,4,6H2,1H3/t8-,9+,13-,15-,16-/m1/s1. The Morgan fingerprint density at radius 2 is 2.05 bits per heavy atom. The van der Waals surface area contributed by atoms with E-state index in [-0.39, 0.29) is 23.5 Å². The lowest BCUT2D eigenvalue weighted by Gasteiger charge is -2.49. The van der Waals surface area contributed by atoms with E-state index in [1.54, 1.807) is 7.11 Å². The summed E-state index contributed by atoms with van der Waals surface area (Å²) in [6.45, 7) is 0. The highest BCUT2D eigenvalue weighted by molar-refractivity contribution is 5.93. The second kappa shape index (κ2) is 3.67. The van der Waals surface area contributed by atoms with E-state index in [0.29, 0.717) is 30.3 Å². The minimum absolute atomic E-state index is 0.0665. The van der Waals surface area contributed by atoms with E-state index in [4.69, 9.17) is 9.47 Å². The third-order valence-corrected chi connectivity index (χ3v) is 5.91. The summed E-state index contributed by atoms with van der Waals surface area (Å²) in [5.41, 5.74) is 2.38. The second-order valence-corrected chi connectivity index (χ2v) is 6.64. The molecular weight excluding hydrogens is 268 g/mol. The number of fused-ring (bicyclic) bond motifs is 3. The van der Waals surface area contributed by atoms with Gasteiger partial charge in [0.15, 0.2) is 23.4 Å². The van der Waals surface area contributed by atoms with E-state index in [2.05, 4.69) is 6.07 Å². The first-order valence-corrected chi connectivity index (χ1v) is 7.63. The molecule has 4 nitrogen and oxygen atoms in total. The van der Waals surface area contributed by atoms with Crippen molar-refractivity contribution >= 4 is 11.6 Å². The fourth-order valence-corrected chi connectivity index (χ4v) is 5.02. The second-order valence-electron chi connectivity index (χ2n) is 6.64. The minimum Gasteiger partial charge on any atom is -0.493 e. The number of rotatable bonds is 1. The van der Waals surface area contributed by atoms with E-state index in [9.17, 15) is 9.59 Å². The normalized spacial score (nSPS) is 38.2. The van der Waals surface area contributed by atoms with Gasteiger partial charge in [-0.05, 0) is 24.0 Å². The number of hydrogen-bond donors (Lipinski definition) is 0. The Balaban J connectivity index is 1.76. The Kier molecular flexibility index (Phi) is 2.06. The number of carbonyl (C=O) groups excluding carboxylic acids is 2. The first kappa shape index (κ1) is 11.8. The highest BCUT2D eigenvalue weighted by Gasteiger charge is 2.60. The van der Waals surface area contributed by atoms with Gasteiger partial charge in [0.2, 0.25) is 0 Å². The van der Waals surface area contributed by atoms with Gasteiger partial charge in [0, 0.05) is 36.2 Å². The van der Waals surface area contributed by atoms with Gasteiger partial charge in [0.05, 0.1) is 7.11 Å². The Morgan fingerprint density at radius 3 is 2.81 bits per heavy atom. The quantitative estimate of drug-likeness (QED) is 0.793. The van der Waals surface area contributed by atoms with E-state index in [0.717, 1.165) is 17.7 Å². The number of benzene rings is 1. The van der Waals surface area contributed by atoms with Crippen molar-refractivity contribution in [2.45, 2.75) is 37.2 Å². The summed E-state index contributed by atoms with van der Waals surface area (Å²) in [4.78, 5) is 24.4. The van der Waals surface area contributed by atoms with Crippen LogP contribution in [0, 0.1) is 11.8 Å². The molecule has 5 rings (SSSR count). The van der Waals surface area contributed by atoms with Gasteiger partial charge in [-0.1, -0.05) is 6.07 Å². The maximum absolute atomic E-state index is 12.3. The van der Waals surface area contributed by atoms with Gasteiger partial charge in [-0.25, -0.2) is 0 Å². The molecule has 1 aromatic carbocycles. The van der Waals surface area contributed by atoms with Crippen LogP contribution in [0.25, 0.3) is 0 Å². The van der Waals surface area contributed by atoms with Gasteiger partial charge < -0.3 is 9.47 Å².